The van der Waals surface area contributed by atoms with Crippen molar-refractivity contribution in [2.24, 2.45) is 0 Å². The maximum absolute atomic E-state index is 9.37. The monoisotopic (exact) mass is 259 g/mol. The number of hydrogen-bond acceptors (Lipinski definition) is 4. The maximum Gasteiger partial charge on any atom is 0.303 e. The molecule has 3 aromatic rings. The van der Waals surface area contributed by atoms with Crippen molar-refractivity contribution in [3.05, 3.63) is 37.1 Å². The molecule has 0 aliphatic rings. The number of carboxylic acid groups (broad SMARTS) is 1. The van der Waals surface area contributed by atoms with Gasteiger partial charge in [0.15, 0.2) is 5.82 Å². The van der Waals surface area contributed by atoms with Gasteiger partial charge in [0.25, 0.3) is 0 Å². The zero-order chi connectivity index (χ0) is 13.7. The smallest absolute Gasteiger partial charge is 0.303 e. The molecular formula is C12H13N5O2. The standard InChI is InChI=1S/C9H7N5.C3H6O2/c1-2-8-10-3-4-14(8)5-7(1)9-11-6-12-13-9;1-2-3(4)5/h1-6H,(H,11,12,13);2H2,1H3,(H,4,5). The van der Waals surface area contributed by atoms with Crippen molar-refractivity contribution >= 4 is 11.6 Å². The van der Waals surface area contributed by atoms with Gasteiger partial charge in [-0.2, -0.15) is 5.10 Å². The van der Waals surface area contributed by atoms with Gasteiger partial charge in [-0.15, -0.1) is 0 Å². The Morgan fingerprint density at radius 2 is 2.21 bits per heavy atom. The molecule has 0 unspecified atom stereocenters. The summed E-state index contributed by atoms with van der Waals surface area (Å²) in [6, 6.07) is 3.90. The van der Waals surface area contributed by atoms with Crippen LogP contribution < -0.4 is 0 Å². The molecule has 0 atom stereocenters. The highest BCUT2D eigenvalue weighted by molar-refractivity contribution is 5.66. The molecule has 0 spiro atoms. The topological polar surface area (TPSA) is 96.2 Å². The summed E-state index contributed by atoms with van der Waals surface area (Å²) in [5, 5.41) is 14.3. The minimum atomic E-state index is -0.745. The average molecular weight is 259 g/mol. The molecule has 0 aliphatic carbocycles. The zero-order valence-electron chi connectivity index (χ0n) is 10.3. The fraction of sp³-hybridized carbons (Fsp3) is 0.167. The second kappa shape index (κ2) is 5.76. The van der Waals surface area contributed by atoms with Crippen LogP contribution in [0.25, 0.3) is 17.0 Å². The largest absolute Gasteiger partial charge is 0.481 e. The zero-order valence-corrected chi connectivity index (χ0v) is 10.3. The number of H-pyrrole nitrogens is 1. The van der Waals surface area contributed by atoms with E-state index >= 15 is 0 Å². The van der Waals surface area contributed by atoms with Gasteiger partial charge in [-0.3, -0.25) is 9.89 Å². The molecule has 0 aliphatic heterocycles. The van der Waals surface area contributed by atoms with E-state index in [0.29, 0.717) is 0 Å². The van der Waals surface area contributed by atoms with Crippen LogP contribution in [0.3, 0.4) is 0 Å². The molecule has 98 valence electrons. The van der Waals surface area contributed by atoms with E-state index in [2.05, 4.69) is 20.2 Å². The maximum atomic E-state index is 9.37. The summed E-state index contributed by atoms with van der Waals surface area (Å²) in [6.07, 6.45) is 7.34. The van der Waals surface area contributed by atoms with Crippen LogP contribution in [0.15, 0.2) is 37.1 Å². The normalized spacial score (nSPS) is 9.95. The first-order valence-corrected chi connectivity index (χ1v) is 5.71. The summed E-state index contributed by atoms with van der Waals surface area (Å²) in [4.78, 5) is 17.6. The number of imidazole rings is 1. The van der Waals surface area contributed by atoms with Gasteiger partial charge in [0, 0.05) is 30.6 Å². The van der Waals surface area contributed by atoms with Crippen molar-refractivity contribution < 1.29 is 9.90 Å². The molecule has 0 aromatic carbocycles. The van der Waals surface area contributed by atoms with Gasteiger partial charge >= 0.3 is 5.97 Å². The van der Waals surface area contributed by atoms with E-state index in [-0.39, 0.29) is 6.42 Å². The number of carboxylic acids is 1. The van der Waals surface area contributed by atoms with Gasteiger partial charge in [-0.1, -0.05) is 6.92 Å². The molecule has 0 radical (unpaired) electrons. The Labute approximate surface area is 108 Å². The van der Waals surface area contributed by atoms with Gasteiger partial charge < -0.3 is 9.51 Å². The molecule has 3 rings (SSSR count). The van der Waals surface area contributed by atoms with E-state index in [1.807, 2.05) is 28.9 Å². The van der Waals surface area contributed by atoms with Crippen molar-refractivity contribution in [3.8, 4) is 11.4 Å². The van der Waals surface area contributed by atoms with Crippen molar-refractivity contribution in [1.29, 1.82) is 0 Å². The number of hydrogen-bond donors (Lipinski definition) is 2. The Morgan fingerprint density at radius 3 is 2.84 bits per heavy atom. The fourth-order valence-electron chi connectivity index (χ4n) is 1.40. The Balaban J connectivity index is 0.000000232. The van der Waals surface area contributed by atoms with Crippen LogP contribution >= 0.6 is 0 Å². The first kappa shape index (κ1) is 12.7. The lowest BCUT2D eigenvalue weighted by molar-refractivity contribution is -0.136. The van der Waals surface area contributed by atoms with Crippen molar-refractivity contribution in [2.45, 2.75) is 13.3 Å². The van der Waals surface area contributed by atoms with E-state index < -0.39 is 5.97 Å². The number of nitrogens with zero attached hydrogens (tertiary/aromatic N) is 4. The van der Waals surface area contributed by atoms with Gasteiger partial charge in [0.1, 0.15) is 12.0 Å². The van der Waals surface area contributed by atoms with Crippen LogP contribution in [0, 0.1) is 0 Å². The molecule has 2 N–H and O–H groups in total. The summed E-state index contributed by atoms with van der Waals surface area (Å²) in [7, 11) is 0. The third-order valence-electron chi connectivity index (χ3n) is 2.38. The van der Waals surface area contributed by atoms with Crippen LogP contribution in [-0.2, 0) is 4.79 Å². The van der Waals surface area contributed by atoms with Gasteiger partial charge in [0.2, 0.25) is 0 Å². The minimum Gasteiger partial charge on any atom is -0.481 e. The number of nitrogens with one attached hydrogen (secondary N) is 1. The van der Waals surface area contributed by atoms with E-state index in [9.17, 15) is 4.79 Å². The molecule has 7 nitrogen and oxygen atoms in total. The molecule has 3 heterocycles. The Hall–Kier alpha value is -2.70. The molecule has 0 bridgehead atoms. The van der Waals surface area contributed by atoms with Crippen LogP contribution in [-0.4, -0.2) is 35.6 Å². The highest BCUT2D eigenvalue weighted by Crippen LogP contribution is 2.13. The van der Waals surface area contributed by atoms with Crippen molar-refractivity contribution in [2.75, 3.05) is 0 Å². The first-order valence-electron chi connectivity index (χ1n) is 5.71. The van der Waals surface area contributed by atoms with Gasteiger partial charge in [-0.05, 0) is 12.1 Å². The van der Waals surface area contributed by atoms with E-state index in [0.717, 1.165) is 17.0 Å². The number of carbonyl (C=O) groups is 1. The second-order valence-corrected chi connectivity index (χ2v) is 3.69. The lowest BCUT2D eigenvalue weighted by atomic mass is 10.3. The second-order valence-electron chi connectivity index (χ2n) is 3.69. The molecule has 0 saturated heterocycles. The summed E-state index contributed by atoms with van der Waals surface area (Å²) in [6.45, 7) is 1.60. The Kier molecular flexibility index (Phi) is 3.87. The predicted molar refractivity (Wildman–Crippen MR) is 68.5 cm³/mol. The summed E-state index contributed by atoms with van der Waals surface area (Å²) >= 11 is 0. The van der Waals surface area contributed by atoms with E-state index in [4.69, 9.17) is 5.11 Å². The third kappa shape index (κ3) is 3.15. The number of aliphatic carboxylic acids is 1. The number of aromatic nitrogens is 5. The summed E-state index contributed by atoms with van der Waals surface area (Å²) in [5.41, 5.74) is 1.92. The van der Waals surface area contributed by atoms with Crippen LogP contribution in [0.4, 0.5) is 0 Å². The predicted octanol–water partition coefficient (Wildman–Crippen LogP) is 1.60. The lowest BCUT2D eigenvalue weighted by Gasteiger charge is -1.97. The number of rotatable bonds is 2. The molecule has 0 saturated carbocycles. The molecule has 3 aromatic heterocycles. The first-order chi connectivity index (χ1) is 9.20. The molecule has 19 heavy (non-hydrogen) atoms. The quantitative estimate of drug-likeness (QED) is 0.728. The highest BCUT2D eigenvalue weighted by Gasteiger charge is 2.01. The molecular weight excluding hydrogens is 246 g/mol. The highest BCUT2D eigenvalue weighted by atomic mass is 16.4. The fourth-order valence-corrected chi connectivity index (χ4v) is 1.40. The Morgan fingerprint density at radius 1 is 1.42 bits per heavy atom. The van der Waals surface area contributed by atoms with E-state index in [1.54, 1.807) is 13.1 Å². The SMILES string of the molecule is CCC(=O)O.c1n[nH]c(-c2ccc3nccn3c2)n1. The lowest BCUT2D eigenvalue weighted by Crippen LogP contribution is -1.86. The van der Waals surface area contributed by atoms with Crippen molar-refractivity contribution in [3.63, 3.8) is 0 Å². The third-order valence-corrected chi connectivity index (χ3v) is 2.38. The molecule has 7 heteroatoms. The number of aromatic amines is 1. The van der Waals surface area contributed by atoms with Gasteiger partial charge in [0.05, 0.1) is 0 Å². The molecule has 0 amide bonds. The average Bonchev–Trinajstić information content (AvgIpc) is 3.09. The van der Waals surface area contributed by atoms with Crippen LogP contribution in [0.5, 0.6) is 0 Å². The summed E-state index contributed by atoms with van der Waals surface area (Å²) in [5.74, 6) is 0.0191. The molecule has 0 fully saturated rings. The number of pyridine rings is 1. The van der Waals surface area contributed by atoms with E-state index in [1.165, 1.54) is 6.33 Å². The Bertz CT molecular complexity index is 660. The summed E-state index contributed by atoms with van der Waals surface area (Å²) < 4.78 is 1.94. The number of fused-ring (bicyclic) bond motifs is 1. The minimum absolute atomic E-state index is 0.222. The van der Waals surface area contributed by atoms with Crippen molar-refractivity contribution in [1.82, 2.24) is 24.6 Å². The van der Waals surface area contributed by atoms with Crippen LogP contribution in [0.2, 0.25) is 0 Å². The van der Waals surface area contributed by atoms with Gasteiger partial charge in [-0.25, -0.2) is 9.97 Å². The van der Waals surface area contributed by atoms with Crippen LogP contribution in [0.1, 0.15) is 13.3 Å².